The van der Waals surface area contributed by atoms with E-state index in [0.29, 0.717) is 11.7 Å². The van der Waals surface area contributed by atoms with Gasteiger partial charge >= 0.3 is 0 Å². The van der Waals surface area contributed by atoms with Gasteiger partial charge in [-0.3, -0.25) is 4.79 Å². The van der Waals surface area contributed by atoms with Crippen molar-refractivity contribution in [3.8, 4) is 0 Å². The molecular formula is C9H14O. The van der Waals surface area contributed by atoms with Gasteiger partial charge in [-0.15, -0.1) is 0 Å². The van der Waals surface area contributed by atoms with Gasteiger partial charge in [-0.25, -0.2) is 0 Å². The van der Waals surface area contributed by atoms with Crippen LogP contribution < -0.4 is 0 Å². The fourth-order valence-electron chi connectivity index (χ4n) is 1.34. The number of carbonyl (C=O) groups is 1. The van der Waals surface area contributed by atoms with Gasteiger partial charge in [0.15, 0.2) is 5.78 Å². The van der Waals surface area contributed by atoms with Gasteiger partial charge in [-0.05, 0) is 25.3 Å². The van der Waals surface area contributed by atoms with Crippen molar-refractivity contribution in [3.05, 3.63) is 11.6 Å². The number of hydrogen-bond acceptors (Lipinski definition) is 1. The van der Waals surface area contributed by atoms with E-state index in [1.807, 2.05) is 13.8 Å². The molecule has 2 atom stereocenters. The Morgan fingerprint density at radius 2 is 2.00 bits per heavy atom. The minimum Gasteiger partial charge on any atom is -0.295 e. The molecule has 0 aromatic carbocycles. The van der Waals surface area contributed by atoms with Crippen LogP contribution in [0.1, 0.15) is 27.2 Å². The summed E-state index contributed by atoms with van der Waals surface area (Å²) in [6.07, 6.45) is 2.82. The Hall–Kier alpha value is -0.590. The third-order valence-electron chi connectivity index (χ3n) is 2.34. The van der Waals surface area contributed by atoms with Crippen molar-refractivity contribution in [2.24, 2.45) is 11.8 Å². The van der Waals surface area contributed by atoms with E-state index in [1.54, 1.807) is 6.08 Å². The molecule has 0 aromatic rings. The van der Waals surface area contributed by atoms with Crippen LogP contribution in [-0.4, -0.2) is 5.78 Å². The number of hydrogen-bond donors (Lipinski definition) is 0. The van der Waals surface area contributed by atoms with Gasteiger partial charge in [0.25, 0.3) is 0 Å². The topological polar surface area (TPSA) is 17.1 Å². The van der Waals surface area contributed by atoms with Crippen LogP contribution in [0, 0.1) is 11.8 Å². The standard InChI is InChI=1S/C9H14O/c1-6-4-8(3)9(10)5-7(6)2/h5-6,8H,4H2,1-3H3/t6-,8+/m1/s1. The largest absolute Gasteiger partial charge is 0.295 e. The van der Waals surface area contributed by atoms with Gasteiger partial charge in [0.2, 0.25) is 0 Å². The highest BCUT2D eigenvalue weighted by Gasteiger charge is 2.20. The number of ketones is 1. The van der Waals surface area contributed by atoms with E-state index in [4.69, 9.17) is 0 Å². The molecule has 1 aliphatic carbocycles. The van der Waals surface area contributed by atoms with Crippen molar-refractivity contribution >= 4 is 5.78 Å². The second-order valence-corrected chi connectivity index (χ2v) is 3.33. The fraction of sp³-hybridized carbons (Fsp3) is 0.667. The zero-order chi connectivity index (χ0) is 7.72. The Kier molecular flexibility index (Phi) is 1.93. The minimum absolute atomic E-state index is 0.249. The molecule has 0 fully saturated rings. The molecule has 0 bridgehead atoms. The maximum atomic E-state index is 11.1. The highest BCUT2D eigenvalue weighted by Crippen LogP contribution is 2.25. The molecule has 0 unspecified atom stereocenters. The lowest BCUT2D eigenvalue weighted by Crippen LogP contribution is -2.18. The first-order valence-corrected chi connectivity index (χ1v) is 3.83. The SMILES string of the molecule is CC1=CC(=O)[C@@H](C)C[C@H]1C. The van der Waals surface area contributed by atoms with Crippen molar-refractivity contribution in [2.75, 3.05) is 0 Å². The first kappa shape index (κ1) is 7.52. The Morgan fingerprint density at radius 3 is 2.50 bits per heavy atom. The van der Waals surface area contributed by atoms with Gasteiger partial charge in [-0.2, -0.15) is 0 Å². The quantitative estimate of drug-likeness (QED) is 0.501. The van der Waals surface area contributed by atoms with Crippen molar-refractivity contribution in [1.29, 1.82) is 0 Å². The van der Waals surface area contributed by atoms with Crippen molar-refractivity contribution in [1.82, 2.24) is 0 Å². The van der Waals surface area contributed by atoms with E-state index in [1.165, 1.54) is 5.57 Å². The molecule has 0 aliphatic heterocycles. The van der Waals surface area contributed by atoms with Crippen LogP contribution in [0.3, 0.4) is 0 Å². The maximum Gasteiger partial charge on any atom is 0.158 e. The molecule has 1 rings (SSSR count). The summed E-state index contributed by atoms with van der Waals surface area (Å²) >= 11 is 0. The Balaban J connectivity index is 2.79. The molecule has 0 heterocycles. The summed E-state index contributed by atoms with van der Waals surface area (Å²) in [7, 11) is 0. The van der Waals surface area contributed by atoms with E-state index in [0.717, 1.165) is 6.42 Å². The van der Waals surface area contributed by atoms with E-state index in [9.17, 15) is 4.79 Å². The van der Waals surface area contributed by atoms with E-state index < -0.39 is 0 Å². The van der Waals surface area contributed by atoms with Crippen LogP contribution in [0.15, 0.2) is 11.6 Å². The molecule has 0 saturated heterocycles. The predicted octanol–water partition coefficient (Wildman–Crippen LogP) is 2.18. The molecule has 1 heteroatoms. The maximum absolute atomic E-state index is 11.1. The minimum atomic E-state index is 0.249. The average molecular weight is 138 g/mol. The molecule has 1 aliphatic rings. The smallest absolute Gasteiger partial charge is 0.158 e. The second-order valence-electron chi connectivity index (χ2n) is 3.33. The van der Waals surface area contributed by atoms with Gasteiger partial charge in [-0.1, -0.05) is 19.4 Å². The molecule has 0 saturated carbocycles. The number of carbonyl (C=O) groups excluding carboxylic acids is 1. The Labute approximate surface area is 62.1 Å². The number of allylic oxidation sites excluding steroid dienone is 2. The van der Waals surface area contributed by atoms with Gasteiger partial charge in [0.05, 0.1) is 0 Å². The third kappa shape index (κ3) is 1.28. The van der Waals surface area contributed by atoms with Crippen molar-refractivity contribution in [3.63, 3.8) is 0 Å². The molecule has 0 spiro atoms. The monoisotopic (exact) mass is 138 g/mol. The van der Waals surface area contributed by atoms with Crippen LogP contribution in [0.2, 0.25) is 0 Å². The Bertz CT molecular complexity index is 179. The molecule has 56 valence electrons. The Morgan fingerprint density at radius 1 is 1.40 bits per heavy atom. The molecule has 10 heavy (non-hydrogen) atoms. The van der Waals surface area contributed by atoms with E-state index >= 15 is 0 Å². The zero-order valence-electron chi connectivity index (χ0n) is 6.85. The summed E-state index contributed by atoms with van der Waals surface area (Å²) in [5, 5.41) is 0. The summed E-state index contributed by atoms with van der Waals surface area (Å²) in [6.45, 7) is 6.21. The summed E-state index contributed by atoms with van der Waals surface area (Å²) in [5.74, 6) is 1.15. The van der Waals surface area contributed by atoms with E-state index in [-0.39, 0.29) is 5.92 Å². The van der Waals surface area contributed by atoms with Gasteiger partial charge in [0.1, 0.15) is 0 Å². The van der Waals surface area contributed by atoms with Gasteiger partial charge < -0.3 is 0 Å². The summed E-state index contributed by atoms with van der Waals surface area (Å²) < 4.78 is 0. The van der Waals surface area contributed by atoms with Crippen molar-refractivity contribution in [2.45, 2.75) is 27.2 Å². The highest BCUT2D eigenvalue weighted by atomic mass is 16.1. The average Bonchev–Trinajstić information content (AvgIpc) is 1.84. The summed E-state index contributed by atoms with van der Waals surface area (Å²) in [5.41, 5.74) is 1.24. The third-order valence-corrected chi connectivity index (χ3v) is 2.34. The van der Waals surface area contributed by atoms with Crippen LogP contribution >= 0.6 is 0 Å². The van der Waals surface area contributed by atoms with Crippen LogP contribution in [0.25, 0.3) is 0 Å². The van der Waals surface area contributed by atoms with Crippen molar-refractivity contribution < 1.29 is 4.79 Å². The van der Waals surface area contributed by atoms with Crippen LogP contribution in [0.4, 0.5) is 0 Å². The molecule has 0 aromatic heterocycles. The first-order chi connectivity index (χ1) is 4.61. The molecular weight excluding hydrogens is 124 g/mol. The fourth-order valence-corrected chi connectivity index (χ4v) is 1.34. The predicted molar refractivity (Wildman–Crippen MR) is 41.7 cm³/mol. The number of rotatable bonds is 0. The van der Waals surface area contributed by atoms with Crippen LogP contribution in [-0.2, 0) is 4.79 Å². The molecule has 1 nitrogen and oxygen atoms in total. The van der Waals surface area contributed by atoms with E-state index in [2.05, 4.69) is 6.92 Å². The highest BCUT2D eigenvalue weighted by molar-refractivity contribution is 5.93. The lowest BCUT2D eigenvalue weighted by Gasteiger charge is -2.21. The lowest BCUT2D eigenvalue weighted by molar-refractivity contribution is -0.118. The second kappa shape index (κ2) is 2.57. The summed E-state index contributed by atoms with van der Waals surface area (Å²) in [6, 6.07) is 0. The van der Waals surface area contributed by atoms with Crippen LogP contribution in [0.5, 0.6) is 0 Å². The zero-order valence-corrected chi connectivity index (χ0v) is 6.85. The normalized spacial score (nSPS) is 33.9. The molecule has 0 amide bonds. The molecule has 0 N–H and O–H groups in total. The lowest BCUT2D eigenvalue weighted by atomic mass is 9.83. The first-order valence-electron chi connectivity index (χ1n) is 3.83. The molecule has 0 radical (unpaired) electrons. The summed E-state index contributed by atoms with van der Waals surface area (Å²) in [4.78, 5) is 11.1. The van der Waals surface area contributed by atoms with Gasteiger partial charge in [0, 0.05) is 5.92 Å².